The molecule has 6 nitrogen and oxygen atoms in total. The van der Waals surface area contributed by atoms with Gasteiger partial charge in [-0.25, -0.2) is 0 Å². The van der Waals surface area contributed by atoms with E-state index in [0.717, 1.165) is 51.4 Å². The molecule has 91 heavy (non-hydrogen) atoms. The third kappa shape index (κ3) is 76.7. The first-order valence-electron chi connectivity index (χ1n) is 41.4. The Morgan fingerprint density at radius 2 is 0.549 bits per heavy atom. The molecule has 0 aliphatic carbocycles. The molecule has 0 spiro atoms. The molecule has 0 aromatic heterocycles. The summed E-state index contributed by atoms with van der Waals surface area (Å²) >= 11 is 0. The van der Waals surface area contributed by atoms with Crippen molar-refractivity contribution in [2.24, 2.45) is 0 Å². The Kier molecular flexibility index (Phi) is 78.3. The minimum Gasteiger partial charge on any atom is -0.466 e. The maximum Gasteiger partial charge on any atom is 0.305 e. The molecule has 0 bridgehead atoms. The highest BCUT2D eigenvalue weighted by Gasteiger charge is 2.18. The molecule has 0 aliphatic rings. The van der Waals surface area contributed by atoms with Crippen LogP contribution in [-0.4, -0.2) is 47.4 Å². The summed E-state index contributed by atoms with van der Waals surface area (Å²) in [5.74, 6) is -0.0458. The lowest BCUT2D eigenvalue weighted by Gasteiger charge is -2.20. The largest absolute Gasteiger partial charge is 0.466 e. The molecule has 0 aliphatic heterocycles. The zero-order valence-electron chi connectivity index (χ0n) is 61.6. The smallest absolute Gasteiger partial charge is 0.305 e. The maximum atomic E-state index is 12.5. The molecule has 0 saturated heterocycles. The van der Waals surface area contributed by atoms with E-state index in [1.165, 1.54) is 379 Å². The van der Waals surface area contributed by atoms with Crippen LogP contribution in [0.3, 0.4) is 0 Å². The minimum absolute atomic E-state index is 0.0140. The summed E-state index contributed by atoms with van der Waals surface area (Å²) in [6.45, 7) is 4.92. The van der Waals surface area contributed by atoms with Crippen LogP contribution in [-0.2, 0) is 14.3 Å². The molecule has 0 rings (SSSR count). The lowest BCUT2D eigenvalue weighted by Crippen LogP contribution is -2.45. The predicted molar refractivity (Wildman–Crippen MR) is 402 cm³/mol. The van der Waals surface area contributed by atoms with Crippen molar-refractivity contribution in [3.05, 3.63) is 48.6 Å². The van der Waals surface area contributed by atoms with Gasteiger partial charge in [0, 0.05) is 12.8 Å². The zero-order chi connectivity index (χ0) is 65.6. The number of hydrogen-bond donors (Lipinski definition) is 3. The van der Waals surface area contributed by atoms with Crippen LogP contribution in [0.5, 0.6) is 0 Å². The number of rotatable bonds is 78. The van der Waals surface area contributed by atoms with Crippen LogP contribution < -0.4 is 5.32 Å². The van der Waals surface area contributed by atoms with E-state index in [1.54, 1.807) is 6.08 Å². The van der Waals surface area contributed by atoms with Crippen LogP contribution in [0.2, 0.25) is 0 Å². The molecule has 6 heteroatoms. The fraction of sp³-hybridized carbons (Fsp3) is 0.882. The summed E-state index contributed by atoms with van der Waals surface area (Å²) < 4.78 is 5.51. The summed E-state index contributed by atoms with van der Waals surface area (Å²) in [6, 6.07) is -0.626. The van der Waals surface area contributed by atoms with Gasteiger partial charge in [0.15, 0.2) is 0 Å². The Hall–Kier alpha value is -2.18. The second-order valence-corrected chi connectivity index (χ2v) is 28.4. The molecule has 0 fully saturated rings. The van der Waals surface area contributed by atoms with E-state index in [1.807, 2.05) is 6.08 Å². The number of nitrogens with one attached hydrogen (secondary N) is 1. The molecular formula is C85H161NO5. The van der Waals surface area contributed by atoms with Gasteiger partial charge >= 0.3 is 5.97 Å². The summed E-state index contributed by atoms with van der Waals surface area (Å²) in [5.41, 5.74) is 0. The van der Waals surface area contributed by atoms with Crippen LogP contribution >= 0.6 is 0 Å². The van der Waals surface area contributed by atoms with E-state index in [-0.39, 0.29) is 18.5 Å². The number of carbonyl (C=O) groups excluding carboxylic acids is 2. The average molecular weight is 1280 g/mol. The Morgan fingerprint density at radius 3 is 0.868 bits per heavy atom. The van der Waals surface area contributed by atoms with Crippen molar-refractivity contribution in [3.63, 3.8) is 0 Å². The van der Waals surface area contributed by atoms with Gasteiger partial charge in [0.2, 0.25) is 5.91 Å². The lowest BCUT2D eigenvalue weighted by atomic mass is 10.0. The number of allylic oxidation sites excluding steroid dienone is 7. The van der Waals surface area contributed by atoms with Crippen molar-refractivity contribution in [2.75, 3.05) is 13.2 Å². The third-order valence-electron chi connectivity index (χ3n) is 19.3. The quantitative estimate of drug-likeness (QED) is 0.0320. The van der Waals surface area contributed by atoms with Crippen molar-refractivity contribution in [3.8, 4) is 0 Å². The first-order chi connectivity index (χ1) is 45.0. The summed E-state index contributed by atoms with van der Waals surface area (Å²) in [6.07, 6.45) is 107. The van der Waals surface area contributed by atoms with E-state index in [2.05, 4.69) is 55.6 Å². The topological polar surface area (TPSA) is 95.9 Å². The van der Waals surface area contributed by atoms with Crippen LogP contribution in [0.1, 0.15) is 457 Å². The fourth-order valence-corrected chi connectivity index (χ4v) is 13.0. The van der Waals surface area contributed by atoms with Gasteiger partial charge in [-0.15, -0.1) is 0 Å². The molecule has 0 heterocycles. The maximum absolute atomic E-state index is 12.5. The Balaban J connectivity index is 3.35. The van der Waals surface area contributed by atoms with E-state index < -0.39 is 12.1 Å². The van der Waals surface area contributed by atoms with Gasteiger partial charge in [-0.3, -0.25) is 9.59 Å². The highest BCUT2D eigenvalue weighted by atomic mass is 16.5. The minimum atomic E-state index is -0.843. The van der Waals surface area contributed by atoms with E-state index in [0.29, 0.717) is 19.4 Å². The number of ether oxygens (including phenoxy) is 1. The van der Waals surface area contributed by atoms with Crippen LogP contribution in [0.15, 0.2) is 48.6 Å². The highest BCUT2D eigenvalue weighted by Crippen LogP contribution is 2.20. The van der Waals surface area contributed by atoms with Crippen molar-refractivity contribution in [1.82, 2.24) is 5.32 Å². The fourth-order valence-electron chi connectivity index (χ4n) is 13.0. The number of unbranched alkanes of at least 4 members (excludes halogenated alkanes) is 61. The van der Waals surface area contributed by atoms with Crippen molar-refractivity contribution in [1.29, 1.82) is 0 Å². The van der Waals surface area contributed by atoms with Crippen molar-refractivity contribution < 1.29 is 24.5 Å². The summed E-state index contributed by atoms with van der Waals surface area (Å²) in [5, 5.41) is 23.3. The third-order valence-corrected chi connectivity index (χ3v) is 19.3. The van der Waals surface area contributed by atoms with Gasteiger partial charge in [0.25, 0.3) is 0 Å². The number of carbonyl (C=O) groups is 2. The second kappa shape index (κ2) is 80.3. The first kappa shape index (κ1) is 88.8. The molecule has 1 amide bonds. The molecule has 0 aromatic rings. The van der Waals surface area contributed by atoms with Gasteiger partial charge in [0.1, 0.15) is 0 Å². The molecule has 2 unspecified atom stereocenters. The molecular weight excluding hydrogens is 1110 g/mol. The number of aliphatic hydroxyl groups is 2. The number of aliphatic hydroxyl groups excluding tert-OH is 2. The monoisotopic (exact) mass is 1280 g/mol. The van der Waals surface area contributed by atoms with Crippen LogP contribution in [0.25, 0.3) is 0 Å². The standard InChI is InChI=1S/C85H161NO5/c1-3-5-7-9-11-13-15-17-19-21-22-42-46-49-53-57-61-65-69-73-77-83(88)82(81-87)86-84(89)78-74-70-66-62-58-54-50-47-43-40-38-36-34-32-30-28-26-24-23-25-27-29-31-33-35-37-39-41-44-48-52-56-60-64-68-72-76-80-91-85(90)79-75-71-67-63-59-55-51-45-20-18-16-14-12-10-8-6-4-2/h12,14,18,20,23,25,73,77,82-83,87-88H,3-11,13,15-17,19,21-22,24,26-72,74-76,78-81H2,1-2H3,(H,86,89)/b14-12-,20-18-,25-23-,77-73+. The van der Waals surface area contributed by atoms with E-state index in [4.69, 9.17) is 4.74 Å². The van der Waals surface area contributed by atoms with Gasteiger partial charge in [-0.05, 0) is 89.9 Å². The van der Waals surface area contributed by atoms with Gasteiger partial charge in [-0.2, -0.15) is 0 Å². The van der Waals surface area contributed by atoms with Gasteiger partial charge in [0.05, 0.1) is 25.4 Å². The molecule has 0 aromatic carbocycles. The van der Waals surface area contributed by atoms with Gasteiger partial charge in [-0.1, -0.05) is 403 Å². The first-order valence-corrected chi connectivity index (χ1v) is 41.4. The Bertz CT molecular complexity index is 1520. The number of esters is 1. The number of amides is 1. The van der Waals surface area contributed by atoms with Gasteiger partial charge < -0.3 is 20.3 Å². The molecule has 536 valence electrons. The average Bonchev–Trinajstić information content (AvgIpc) is 3.65. The molecule has 0 radical (unpaired) electrons. The SMILES string of the molecule is CCCCC/C=C\C/C=C\CCCCCCCCCC(=O)OCCCCCCCCCCCCCCCCCC/C=C\CCCCCCCCCCCCCCCCCCCC(=O)NC(CO)C(O)/C=C/CCCCCCCCCCCCCCCCCCCC. The van der Waals surface area contributed by atoms with Crippen molar-refractivity contribution in [2.45, 2.75) is 469 Å². The van der Waals surface area contributed by atoms with E-state index >= 15 is 0 Å². The molecule has 0 saturated carbocycles. The van der Waals surface area contributed by atoms with Crippen LogP contribution in [0, 0.1) is 0 Å². The Morgan fingerprint density at radius 1 is 0.308 bits per heavy atom. The molecule has 3 N–H and O–H groups in total. The van der Waals surface area contributed by atoms with Crippen LogP contribution in [0.4, 0.5) is 0 Å². The van der Waals surface area contributed by atoms with E-state index in [9.17, 15) is 19.8 Å². The summed E-state index contributed by atoms with van der Waals surface area (Å²) in [7, 11) is 0. The number of hydrogen-bond acceptors (Lipinski definition) is 5. The highest BCUT2D eigenvalue weighted by molar-refractivity contribution is 5.76. The zero-order valence-corrected chi connectivity index (χ0v) is 61.6. The Labute approximate surface area is 569 Å². The lowest BCUT2D eigenvalue weighted by molar-refractivity contribution is -0.143. The second-order valence-electron chi connectivity index (χ2n) is 28.4. The molecule has 2 atom stereocenters. The predicted octanol–water partition coefficient (Wildman–Crippen LogP) is 27.5. The van der Waals surface area contributed by atoms with Crippen molar-refractivity contribution >= 4 is 11.9 Å². The normalized spacial score (nSPS) is 12.7. The summed E-state index contributed by atoms with van der Waals surface area (Å²) in [4.78, 5) is 24.7.